The summed E-state index contributed by atoms with van der Waals surface area (Å²) in [7, 11) is 0. The van der Waals surface area contributed by atoms with Crippen molar-refractivity contribution in [1.29, 1.82) is 0 Å². The molecule has 2 fully saturated rings. The van der Waals surface area contributed by atoms with Crippen LogP contribution in [0.1, 0.15) is 73.7 Å². The van der Waals surface area contributed by atoms with Crippen molar-refractivity contribution in [3.8, 4) is 0 Å². The Labute approximate surface area is 161 Å². The van der Waals surface area contributed by atoms with Gasteiger partial charge in [-0.1, -0.05) is 49.4 Å². The van der Waals surface area contributed by atoms with Gasteiger partial charge in [-0.3, -0.25) is 0 Å². The van der Waals surface area contributed by atoms with Gasteiger partial charge in [0.05, 0.1) is 5.56 Å². The predicted octanol–water partition coefficient (Wildman–Crippen LogP) is 6.40. The SMILES string of the molecule is CCC1(OC(=O)c2cccc3c(C4CC5C=CC4C5)cccc23)CCCC1. The standard InChI is InChI=1S/C25H28O2/c1-2-25(13-3-4-14-25)27-24(26)22-10-6-7-19-20(22)8-5-9-21(19)23-16-17-11-12-18(23)15-17/h5-12,17-18,23H,2-4,13-16H2,1H3. The second-order valence-electron chi connectivity index (χ2n) is 8.77. The molecule has 0 aliphatic heterocycles. The van der Waals surface area contributed by atoms with E-state index in [1.165, 1.54) is 36.6 Å². The first-order valence-electron chi connectivity index (χ1n) is 10.6. The summed E-state index contributed by atoms with van der Waals surface area (Å²) in [5.41, 5.74) is 1.89. The normalized spacial score (nSPS) is 28.1. The van der Waals surface area contributed by atoms with Gasteiger partial charge in [0.1, 0.15) is 5.60 Å². The van der Waals surface area contributed by atoms with Crippen LogP contribution < -0.4 is 0 Å². The Hall–Kier alpha value is -2.09. The molecule has 3 unspecified atom stereocenters. The summed E-state index contributed by atoms with van der Waals surface area (Å²) >= 11 is 0. The Kier molecular flexibility index (Phi) is 4.11. The van der Waals surface area contributed by atoms with Crippen LogP contribution >= 0.6 is 0 Å². The van der Waals surface area contributed by atoms with Crippen LogP contribution in [-0.2, 0) is 4.74 Å². The quantitative estimate of drug-likeness (QED) is 0.466. The zero-order valence-corrected chi connectivity index (χ0v) is 16.1. The van der Waals surface area contributed by atoms with Gasteiger partial charge in [-0.05, 0) is 85.1 Å². The van der Waals surface area contributed by atoms with Crippen molar-refractivity contribution in [2.45, 2.75) is 63.4 Å². The Morgan fingerprint density at radius 2 is 1.81 bits per heavy atom. The number of fused-ring (bicyclic) bond motifs is 3. The van der Waals surface area contributed by atoms with Crippen molar-refractivity contribution in [2.75, 3.05) is 0 Å². The molecule has 140 valence electrons. The third kappa shape index (κ3) is 2.81. The Morgan fingerprint density at radius 3 is 2.52 bits per heavy atom. The molecule has 2 nitrogen and oxygen atoms in total. The Balaban J connectivity index is 1.51. The molecule has 0 spiro atoms. The topological polar surface area (TPSA) is 26.3 Å². The zero-order chi connectivity index (χ0) is 18.4. The van der Waals surface area contributed by atoms with E-state index < -0.39 is 0 Å². The number of carbonyl (C=O) groups is 1. The highest BCUT2D eigenvalue weighted by atomic mass is 16.6. The van der Waals surface area contributed by atoms with Crippen molar-refractivity contribution in [2.24, 2.45) is 11.8 Å². The number of esters is 1. The summed E-state index contributed by atoms with van der Waals surface area (Å²) in [6, 6.07) is 12.6. The fraction of sp³-hybridized carbons (Fsp3) is 0.480. The van der Waals surface area contributed by atoms with E-state index in [-0.39, 0.29) is 11.6 Å². The number of hydrogen-bond donors (Lipinski definition) is 0. The zero-order valence-electron chi connectivity index (χ0n) is 16.1. The maximum atomic E-state index is 13.1. The highest BCUT2D eigenvalue weighted by Gasteiger charge is 2.38. The molecule has 3 aliphatic carbocycles. The summed E-state index contributed by atoms with van der Waals surface area (Å²) in [5.74, 6) is 1.86. The molecule has 2 saturated carbocycles. The molecule has 0 aromatic heterocycles. The van der Waals surface area contributed by atoms with Crippen LogP contribution in [0.15, 0.2) is 48.6 Å². The van der Waals surface area contributed by atoms with Crippen LogP contribution in [0, 0.1) is 11.8 Å². The molecule has 3 aliphatic rings. The average molecular weight is 360 g/mol. The number of hydrogen-bond acceptors (Lipinski definition) is 2. The van der Waals surface area contributed by atoms with Gasteiger partial charge < -0.3 is 4.74 Å². The highest BCUT2D eigenvalue weighted by molar-refractivity contribution is 6.05. The van der Waals surface area contributed by atoms with E-state index in [1.807, 2.05) is 12.1 Å². The molecule has 2 heteroatoms. The lowest BCUT2D eigenvalue weighted by Gasteiger charge is -2.28. The van der Waals surface area contributed by atoms with E-state index in [9.17, 15) is 4.79 Å². The van der Waals surface area contributed by atoms with Crippen molar-refractivity contribution in [1.82, 2.24) is 0 Å². The Bertz CT molecular complexity index is 904. The van der Waals surface area contributed by atoms with E-state index in [2.05, 4.69) is 43.3 Å². The van der Waals surface area contributed by atoms with Crippen LogP contribution in [-0.4, -0.2) is 11.6 Å². The van der Waals surface area contributed by atoms with Gasteiger partial charge in [-0.2, -0.15) is 0 Å². The third-order valence-corrected chi connectivity index (χ3v) is 7.32. The fourth-order valence-electron chi connectivity index (χ4n) is 5.77. The minimum atomic E-state index is -0.244. The van der Waals surface area contributed by atoms with Crippen molar-refractivity contribution in [3.63, 3.8) is 0 Å². The number of ether oxygens (including phenoxy) is 1. The van der Waals surface area contributed by atoms with Gasteiger partial charge >= 0.3 is 5.97 Å². The van der Waals surface area contributed by atoms with Crippen molar-refractivity contribution in [3.05, 3.63) is 59.7 Å². The number of carbonyl (C=O) groups excluding carboxylic acids is 1. The third-order valence-electron chi connectivity index (χ3n) is 7.32. The maximum Gasteiger partial charge on any atom is 0.339 e. The van der Waals surface area contributed by atoms with Crippen LogP contribution in [0.2, 0.25) is 0 Å². The van der Waals surface area contributed by atoms with Crippen LogP contribution in [0.3, 0.4) is 0 Å². The molecule has 27 heavy (non-hydrogen) atoms. The molecule has 2 aromatic carbocycles. The van der Waals surface area contributed by atoms with Crippen LogP contribution in [0.4, 0.5) is 0 Å². The molecular formula is C25H28O2. The molecule has 3 atom stereocenters. The molecule has 2 aromatic rings. The second kappa shape index (κ2) is 6.51. The average Bonchev–Trinajstić information content (AvgIpc) is 3.44. The van der Waals surface area contributed by atoms with E-state index in [4.69, 9.17) is 4.74 Å². The molecule has 0 heterocycles. The Morgan fingerprint density at radius 1 is 1.04 bits per heavy atom. The van der Waals surface area contributed by atoms with Crippen LogP contribution in [0.25, 0.3) is 10.8 Å². The number of allylic oxidation sites excluding steroid dienone is 2. The minimum Gasteiger partial charge on any atom is -0.455 e. The maximum absolute atomic E-state index is 13.1. The lowest BCUT2D eigenvalue weighted by atomic mass is 9.83. The van der Waals surface area contributed by atoms with Gasteiger partial charge in [0.25, 0.3) is 0 Å². The molecule has 0 N–H and O–H groups in total. The molecule has 2 bridgehead atoms. The van der Waals surface area contributed by atoms with E-state index in [0.29, 0.717) is 11.8 Å². The summed E-state index contributed by atoms with van der Waals surface area (Å²) in [6.45, 7) is 2.14. The van der Waals surface area contributed by atoms with Crippen molar-refractivity contribution >= 4 is 16.7 Å². The fourth-order valence-corrected chi connectivity index (χ4v) is 5.77. The largest absolute Gasteiger partial charge is 0.455 e. The lowest BCUT2D eigenvalue weighted by molar-refractivity contribution is -0.0170. The van der Waals surface area contributed by atoms with Gasteiger partial charge in [0, 0.05) is 0 Å². The molecule has 0 amide bonds. The van der Waals surface area contributed by atoms with E-state index >= 15 is 0 Å². The summed E-state index contributed by atoms with van der Waals surface area (Å²) in [6.07, 6.45) is 12.6. The lowest BCUT2D eigenvalue weighted by Crippen LogP contribution is -2.31. The highest BCUT2D eigenvalue weighted by Crippen LogP contribution is 2.50. The number of benzene rings is 2. The number of rotatable bonds is 4. The minimum absolute atomic E-state index is 0.144. The molecule has 0 saturated heterocycles. The van der Waals surface area contributed by atoms with Crippen LogP contribution in [0.5, 0.6) is 0 Å². The first-order chi connectivity index (χ1) is 13.2. The van der Waals surface area contributed by atoms with Gasteiger partial charge in [0.2, 0.25) is 0 Å². The van der Waals surface area contributed by atoms with E-state index in [0.717, 1.165) is 36.1 Å². The molecular weight excluding hydrogens is 332 g/mol. The predicted molar refractivity (Wildman–Crippen MR) is 109 cm³/mol. The van der Waals surface area contributed by atoms with Gasteiger partial charge in [-0.15, -0.1) is 0 Å². The van der Waals surface area contributed by atoms with Gasteiger partial charge in [0.15, 0.2) is 0 Å². The van der Waals surface area contributed by atoms with Gasteiger partial charge in [-0.25, -0.2) is 4.79 Å². The first kappa shape index (κ1) is 17.0. The second-order valence-corrected chi connectivity index (χ2v) is 8.77. The smallest absolute Gasteiger partial charge is 0.339 e. The monoisotopic (exact) mass is 360 g/mol. The molecule has 5 rings (SSSR count). The van der Waals surface area contributed by atoms with E-state index in [1.54, 1.807) is 0 Å². The summed E-state index contributed by atoms with van der Waals surface area (Å²) in [4.78, 5) is 13.1. The van der Waals surface area contributed by atoms with Crippen molar-refractivity contribution < 1.29 is 9.53 Å². The summed E-state index contributed by atoms with van der Waals surface area (Å²) < 4.78 is 6.11. The summed E-state index contributed by atoms with van der Waals surface area (Å²) in [5, 5.41) is 2.28. The molecule has 0 radical (unpaired) electrons. The first-order valence-corrected chi connectivity index (χ1v) is 10.6.